The maximum atomic E-state index is 13.0. The number of aromatic carboxylic acids is 1. The standard InChI is InChI=1S/C8H5FN2O2.Na/c9-5-2-1-3-11-6(5)4-10-7(11)8(12)13;/h1-4H,(H,12,13);/q;+1/p-1. The Balaban J connectivity index is 0.000000980. The number of rotatable bonds is 1. The quantitative estimate of drug-likeness (QED) is 0.459. The summed E-state index contributed by atoms with van der Waals surface area (Å²) in [4.78, 5) is 14.0. The van der Waals surface area contributed by atoms with Crippen LogP contribution in [0.1, 0.15) is 10.6 Å². The van der Waals surface area contributed by atoms with Crippen molar-refractivity contribution in [2.24, 2.45) is 0 Å². The van der Waals surface area contributed by atoms with E-state index < -0.39 is 11.8 Å². The summed E-state index contributed by atoms with van der Waals surface area (Å²) in [5.41, 5.74) is 0.127. The number of imidazole rings is 1. The summed E-state index contributed by atoms with van der Waals surface area (Å²) in [6, 6.07) is 2.63. The Kier molecular flexibility index (Phi) is 3.25. The molecule has 0 aliphatic rings. The molecule has 0 saturated carbocycles. The molecular weight excluding hydrogens is 198 g/mol. The van der Waals surface area contributed by atoms with E-state index >= 15 is 0 Å². The van der Waals surface area contributed by atoms with E-state index in [4.69, 9.17) is 0 Å². The first kappa shape index (κ1) is 11.2. The van der Waals surface area contributed by atoms with Gasteiger partial charge in [-0.3, -0.25) is 4.40 Å². The Morgan fingerprint density at radius 1 is 1.57 bits per heavy atom. The molecule has 0 aliphatic heterocycles. The first-order valence-corrected chi connectivity index (χ1v) is 3.53. The molecule has 2 rings (SSSR count). The number of fused-ring (bicyclic) bond motifs is 1. The molecule has 2 aromatic heterocycles. The zero-order valence-electron chi connectivity index (χ0n) is 7.40. The van der Waals surface area contributed by atoms with E-state index in [-0.39, 0.29) is 40.9 Å². The van der Waals surface area contributed by atoms with E-state index in [0.717, 1.165) is 10.6 Å². The molecule has 2 heterocycles. The fourth-order valence-corrected chi connectivity index (χ4v) is 1.14. The monoisotopic (exact) mass is 202 g/mol. The number of carbonyl (C=O) groups excluding carboxylic acids is 1. The first-order chi connectivity index (χ1) is 6.20. The van der Waals surface area contributed by atoms with Gasteiger partial charge in [0.1, 0.15) is 17.3 Å². The average Bonchev–Trinajstić information content (AvgIpc) is 2.48. The number of carbonyl (C=O) groups is 1. The molecule has 0 fully saturated rings. The van der Waals surface area contributed by atoms with Crippen LogP contribution in [-0.2, 0) is 0 Å². The summed E-state index contributed by atoms with van der Waals surface area (Å²) in [6.45, 7) is 0. The minimum absolute atomic E-state index is 0. The van der Waals surface area contributed by atoms with Crippen LogP contribution in [0.5, 0.6) is 0 Å². The molecule has 0 atom stereocenters. The minimum atomic E-state index is -1.43. The Morgan fingerprint density at radius 3 is 2.93 bits per heavy atom. The van der Waals surface area contributed by atoms with Gasteiger partial charge in [-0.25, -0.2) is 9.37 Å². The Morgan fingerprint density at radius 2 is 2.29 bits per heavy atom. The van der Waals surface area contributed by atoms with Gasteiger partial charge in [-0.1, -0.05) is 0 Å². The van der Waals surface area contributed by atoms with E-state index in [1.54, 1.807) is 0 Å². The van der Waals surface area contributed by atoms with Gasteiger partial charge in [-0.15, -0.1) is 0 Å². The Hall–Kier alpha value is -0.910. The summed E-state index contributed by atoms with van der Waals surface area (Å²) in [5.74, 6) is -2.23. The van der Waals surface area contributed by atoms with Crippen LogP contribution in [0.15, 0.2) is 24.5 Å². The zero-order valence-corrected chi connectivity index (χ0v) is 9.40. The van der Waals surface area contributed by atoms with Gasteiger partial charge in [0, 0.05) is 6.20 Å². The predicted octanol–water partition coefficient (Wildman–Crippen LogP) is -3.16. The van der Waals surface area contributed by atoms with E-state index in [1.807, 2.05) is 0 Å². The Bertz CT molecular complexity index is 483. The van der Waals surface area contributed by atoms with Gasteiger partial charge in [0.25, 0.3) is 0 Å². The van der Waals surface area contributed by atoms with Crippen molar-refractivity contribution in [2.75, 3.05) is 0 Å². The fraction of sp³-hybridized carbons (Fsp3) is 0. The molecule has 14 heavy (non-hydrogen) atoms. The van der Waals surface area contributed by atoms with E-state index in [1.165, 1.54) is 18.3 Å². The maximum absolute atomic E-state index is 13.0. The zero-order chi connectivity index (χ0) is 9.42. The molecule has 0 bridgehead atoms. The second kappa shape index (κ2) is 4.08. The van der Waals surface area contributed by atoms with E-state index in [2.05, 4.69) is 4.98 Å². The van der Waals surface area contributed by atoms with Gasteiger partial charge >= 0.3 is 29.6 Å². The molecule has 0 unspecified atom stereocenters. The second-order valence-electron chi connectivity index (χ2n) is 2.48. The van der Waals surface area contributed by atoms with Crippen molar-refractivity contribution in [1.29, 1.82) is 0 Å². The summed E-state index contributed by atoms with van der Waals surface area (Å²) in [6.07, 6.45) is 2.57. The number of hydrogen-bond acceptors (Lipinski definition) is 3. The van der Waals surface area contributed by atoms with Crippen LogP contribution in [0.25, 0.3) is 5.52 Å². The molecule has 0 amide bonds. The third-order valence-corrected chi connectivity index (χ3v) is 1.70. The number of aromatic nitrogens is 2. The topological polar surface area (TPSA) is 57.4 Å². The molecule has 0 aromatic carbocycles. The van der Waals surface area contributed by atoms with Crippen LogP contribution in [-0.4, -0.2) is 15.4 Å². The smallest absolute Gasteiger partial charge is 0.542 e. The van der Waals surface area contributed by atoms with Crippen LogP contribution in [0.2, 0.25) is 0 Å². The first-order valence-electron chi connectivity index (χ1n) is 3.53. The summed E-state index contributed by atoms with van der Waals surface area (Å²) >= 11 is 0. The van der Waals surface area contributed by atoms with Crippen LogP contribution in [0.3, 0.4) is 0 Å². The van der Waals surface area contributed by atoms with E-state index in [0.29, 0.717) is 0 Å². The SMILES string of the molecule is O=C([O-])c1ncc2c(F)cccn12.[Na+]. The van der Waals surface area contributed by atoms with Gasteiger partial charge < -0.3 is 9.90 Å². The molecule has 0 N–H and O–H groups in total. The number of carboxylic acid groups (broad SMARTS) is 1. The molecule has 0 radical (unpaired) electrons. The van der Waals surface area contributed by atoms with Crippen molar-refractivity contribution in [2.45, 2.75) is 0 Å². The molecule has 4 nitrogen and oxygen atoms in total. The van der Waals surface area contributed by atoms with Crippen LogP contribution < -0.4 is 34.7 Å². The largest absolute Gasteiger partial charge is 1.00 e. The van der Waals surface area contributed by atoms with Crippen LogP contribution in [0.4, 0.5) is 4.39 Å². The summed E-state index contributed by atoms with van der Waals surface area (Å²) in [7, 11) is 0. The normalized spacial score (nSPS) is 9.79. The predicted molar refractivity (Wildman–Crippen MR) is 39.5 cm³/mol. The van der Waals surface area contributed by atoms with Crippen LogP contribution in [0, 0.1) is 5.82 Å². The van der Waals surface area contributed by atoms with Crippen molar-refractivity contribution >= 4 is 11.5 Å². The maximum Gasteiger partial charge on any atom is 1.00 e. The third kappa shape index (κ3) is 1.66. The van der Waals surface area contributed by atoms with Crippen molar-refractivity contribution in [3.63, 3.8) is 0 Å². The van der Waals surface area contributed by atoms with Gasteiger partial charge in [-0.05, 0) is 12.1 Å². The molecule has 0 saturated heterocycles. The fourth-order valence-electron chi connectivity index (χ4n) is 1.14. The van der Waals surface area contributed by atoms with Crippen molar-refractivity contribution < 1.29 is 43.8 Å². The van der Waals surface area contributed by atoms with Gasteiger partial charge in [0.2, 0.25) is 0 Å². The summed E-state index contributed by atoms with van der Waals surface area (Å²) in [5, 5.41) is 10.5. The van der Waals surface area contributed by atoms with Crippen LogP contribution >= 0.6 is 0 Å². The molecule has 2 aromatic rings. The molecule has 0 spiro atoms. The summed E-state index contributed by atoms with van der Waals surface area (Å²) < 4.78 is 14.1. The molecule has 66 valence electrons. The molecular formula is C8H4FN2NaO2. The molecule has 6 heteroatoms. The van der Waals surface area contributed by atoms with Crippen molar-refractivity contribution in [3.8, 4) is 0 Å². The Labute approximate surface area is 101 Å². The van der Waals surface area contributed by atoms with Gasteiger partial charge in [-0.2, -0.15) is 0 Å². The molecule has 0 aliphatic carbocycles. The second-order valence-corrected chi connectivity index (χ2v) is 2.48. The average molecular weight is 202 g/mol. The van der Waals surface area contributed by atoms with Crippen molar-refractivity contribution in [1.82, 2.24) is 9.38 Å². The van der Waals surface area contributed by atoms with Gasteiger partial charge in [0.15, 0.2) is 5.82 Å². The number of carboxylic acids is 1. The number of nitrogens with zero attached hydrogens (tertiary/aromatic N) is 2. The van der Waals surface area contributed by atoms with E-state index in [9.17, 15) is 14.3 Å². The minimum Gasteiger partial charge on any atom is -0.542 e. The van der Waals surface area contributed by atoms with Gasteiger partial charge in [0.05, 0.1) is 6.20 Å². The number of halogens is 1. The van der Waals surface area contributed by atoms with Crippen molar-refractivity contribution in [3.05, 3.63) is 36.2 Å². The number of pyridine rings is 1. The number of hydrogen-bond donors (Lipinski definition) is 0. The third-order valence-electron chi connectivity index (χ3n) is 1.70.